The van der Waals surface area contributed by atoms with Gasteiger partial charge in [-0.25, -0.2) is 8.42 Å². The Bertz CT molecular complexity index is 555. The molecule has 1 fully saturated rings. The molecule has 1 aromatic rings. The molecular weight excluding hydrogens is 280 g/mol. The van der Waals surface area contributed by atoms with Crippen molar-refractivity contribution >= 4 is 15.9 Å². The maximum absolute atomic E-state index is 12.2. The molecule has 7 nitrogen and oxygen atoms in total. The van der Waals surface area contributed by atoms with Crippen LogP contribution in [0.2, 0.25) is 0 Å². The van der Waals surface area contributed by atoms with Crippen LogP contribution in [-0.2, 0) is 14.8 Å². The number of hydrogen-bond acceptors (Lipinski definition) is 4. The van der Waals surface area contributed by atoms with Crippen molar-refractivity contribution in [3.63, 3.8) is 0 Å². The zero-order chi connectivity index (χ0) is 14.8. The van der Waals surface area contributed by atoms with E-state index in [1.165, 1.54) is 7.05 Å². The summed E-state index contributed by atoms with van der Waals surface area (Å²) in [6, 6.07) is 2.03. The van der Waals surface area contributed by atoms with E-state index in [4.69, 9.17) is 0 Å². The van der Waals surface area contributed by atoms with Gasteiger partial charge in [0, 0.05) is 32.5 Å². The van der Waals surface area contributed by atoms with E-state index in [2.05, 4.69) is 5.10 Å². The third kappa shape index (κ3) is 3.57. The van der Waals surface area contributed by atoms with Crippen LogP contribution < -0.4 is 0 Å². The molecule has 0 N–H and O–H groups in total. The van der Waals surface area contributed by atoms with Gasteiger partial charge in [-0.1, -0.05) is 0 Å². The highest BCUT2D eigenvalue weighted by Crippen LogP contribution is 2.20. The van der Waals surface area contributed by atoms with Gasteiger partial charge in [-0.15, -0.1) is 0 Å². The minimum atomic E-state index is -3.33. The highest BCUT2D eigenvalue weighted by molar-refractivity contribution is 7.88. The third-order valence-electron chi connectivity index (χ3n) is 3.57. The van der Waals surface area contributed by atoms with Crippen LogP contribution in [-0.4, -0.2) is 66.2 Å². The molecule has 112 valence electrons. The number of likely N-dealkylation sites (N-methyl/N-ethyl adjacent to an activating group) is 1. The number of amides is 1. The first kappa shape index (κ1) is 15.0. The summed E-state index contributed by atoms with van der Waals surface area (Å²) in [6.07, 6.45) is 6.59. The molecule has 20 heavy (non-hydrogen) atoms. The van der Waals surface area contributed by atoms with E-state index >= 15 is 0 Å². The lowest BCUT2D eigenvalue weighted by Gasteiger charge is -2.33. The zero-order valence-electron chi connectivity index (χ0n) is 11.8. The number of piperidine rings is 1. The third-order valence-corrected chi connectivity index (χ3v) is 4.83. The van der Waals surface area contributed by atoms with Crippen molar-refractivity contribution in [2.24, 2.45) is 0 Å². The molecule has 0 aromatic carbocycles. The average molecular weight is 300 g/mol. The first-order chi connectivity index (χ1) is 9.38. The minimum Gasteiger partial charge on any atom is -0.339 e. The molecule has 0 aliphatic carbocycles. The summed E-state index contributed by atoms with van der Waals surface area (Å²) in [5.41, 5.74) is 0. The van der Waals surface area contributed by atoms with Crippen molar-refractivity contribution in [1.82, 2.24) is 19.0 Å². The summed E-state index contributed by atoms with van der Waals surface area (Å²) in [7, 11) is -1.91. The topological polar surface area (TPSA) is 75.5 Å². The average Bonchev–Trinajstić information content (AvgIpc) is 2.91. The Morgan fingerprint density at radius 1 is 1.50 bits per heavy atom. The second-order valence-electron chi connectivity index (χ2n) is 5.14. The number of rotatable bonds is 4. The molecule has 2 heterocycles. The monoisotopic (exact) mass is 300 g/mol. The van der Waals surface area contributed by atoms with Crippen molar-refractivity contribution in [1.29, 1.82) is 0 Å². The van der Waals surface area contributed by atoms with Crippen LogP contribution in [0.15, 0.2) is 18.5 Å². The highest BCUT2D eigenvalue weighted by atomic mass is 32.2. The number of aromatic nitrogens is 2. The molecule has 1 atom stereocenters. The molecule has 1 saturated heterocycles. The number of carbonyl (C=O) groups is 1. The standard InChI is InChI=1S/C12H20N4O3S/c1-14(20(2,18)19)10-12(17)15-7-3-5-11(9-15)16-8-4-6-13-16/h4,6,8,11H,3,5,7,9-10H2,1-2H3. The van der Waals surface area contributed by atoms with Crippen LogP contribution >= 0.6 is 0 Å². The molecule has 0 spiro atoms. The predicted octanol–water partition coefficient (Wildman–Crippen LogP) is -0.0620. The summed E-state index contributed by atoms with van der Waals surface area (Å²) in [5, 5.41) is 4.21. The lowest BCUT2D eigenvalue weighted by molar-refractivity contribution is -0.132. The largest absolute Gasteiger partial charge is 0.339 e. The molecule has 8 heteroatoms. The summed E-state index contributed by atoms with van der Waals surface area (Å²) in [6.45, 7) is 1.15. The zero-order valence-corrected chi connectivity index (χ0v) is 12.6. The molecule has 1 aliphatic heterocycles. The second-order valence-corrected chi connectivity index (χ2v) is 7.23. The number of carbonyl (C=O) groups excluding carboxylic acids is 1. The fourth-order valence-corrected chi connectivity index (χ4v) is 2.65. The van der Waals surface area contributed by atoms with Gasteiger partial charge < -0.3 is 4.90 Å². The van der Waals surface area contributed by atoms with Crippen molar-refractivity contribution in [2.75, 3.05) is 32.9 Å². The van der Waals surface area contributed by atoms with Crippen LogP contribution in [0.4, 0.5) is 0 Å². The van der Waals surface area contributed by atoms with Gasteiger partial charge in [0.25, 0.3) is 0 Å². The van der Waals surface area contributed by atoms with Gasteiger partial charge in [0.05, 0.1) is 18.8 Å². The fourth-order valence-electron chi connectivity index (χ4n) is 2.30. The van der Waals surface area contributed by atoms with E-state index in [1.54, 1.807) is 11.1 Å². The molecule has 1 aromatic heterocycles. The lowest BCUT2D eigenvalue weighted by atomic mass is 10.1. The van der Waals surface area contributed by atoms with Gasteiger partial charge in [0.15, 0.2) is 0 Å². The number of hydrogen-bond donors (Lipinski definition) is 0. The number of nitrogens with zero attached hydrogens (tertiary/aromatic N) is 4. The van der Waals surface area contributed by atoms with Crippen LogP contribution in [0, 0.1) is 0 Å². The molecule has 2 rings (SSSR count). The van der Waals surface area contributed by atoms with Crippen LogP contribution in [0.25, 0.3) is 0 Å². The SMILES string of the molecule is CN(CC(=O)N1CCCC(n2cccn2)C1)S(C)(=O)=O. The van der Waals surface area contributed by atoms with Crippen molar-refractivity contribution in [3.8, 4) is 0 Å². The number of likely N-dealkylation sites (tertiary alicyclic amines) is 1. The van der Waals surface area contributed by atoms with E-state index in [1.807, 2.05) is 16.9 Å². The van der Waals surface area contributed by atoms with Gasteiger partial charge in [0.2, 0.25) is 15.9 Å². The maximum atomic E-state index is 12.2. The molecule has 0 radical (unpaired) electrons. The van der Waals surface area contributed by atoms with Crippen LogP contribution in [0.5, 0.6) is 0 Å². The van der Waals surface area contributed by atoms with Gasteiger partial charge >= 0.3 is 0 Å². The Morgan fingerprint density at radius 2 is 2.25 bits per heavy atom. The minimum absolute atomic E-state index is 0.106. The summed E-state index contributed by atoms with van der Waals surface area (Å²) < 4.78 is 25.6. The van der Waals surface area contributed by atoms with E-state index in [-0.39, 0.29) is 18.5 Å². The Morgan fingerprint density at radius 3 is 2.85 bits per heavy atom. The predicted molar refractivity (Wildman–Crippen MR) is 74.6 cm³/mol. The summed E-state index contributed by atoms with van der Waals surface area (Å²) in [5.74, 6) is -0.158. The van der Waals surface area contributed by atoms with E-state index < -0.39 is 10.0 Å². The maximum Gasteiger partial charge on any atom is 0.237 e. The number of sulfonamides is 1. The van der Waals surface area contributed by atoms with Gasteiger partial charge in [-0.2, -0.15) is 9.40 Å². The Hall–Kier alpha value is -1.41. The summed E-state index contributed by atoms with van der Waals surface area (Å²) in [4.78, 5) is 13.9. The Balaban J connectivity index is 1.97. The quantitative estimate of drug-likeness (QED) is 0.780. The van der Waals surface area contributed by atoms with Crippen LogP contribution in [0.3, 0.4) is 0 Å². The van der Waals surface area contributed by atoms with Gasteiger partial charge in [0.1, 0.15) is 0 Å². The summed E-state index contributed by atoms with van der Waals surface area (Å²) >= 11 is 0. The molecule has 0 bridgehead atoms. The highest BCUT2D eigenvalue weighted by Gasteiger charge is 2.26. The molecule has 1 unspecified atom stereocenters. The molecular formula is C12H20N4O3S. The molecule has 0 saturated carbocycles. The lowest BCUT2D eigenvalue weighted by Crippen LogP contribution is -2.45. The Labute approximate surface area is 119 Å². The van der Waals surface area contributed by atoms with Gasteiger partial charge in [-0.3, -0.25) is 9.48 Å². The Kier molecular flexibility index (Phi) is 4.44. The van der Waals surface area contributed by atoms with Crippen molar-refractivity contribution in [2.45, 2.75) is 18.9 Å². The first-order valence-electron chi connectivity index (χ1n) is 6.56. The van der Waals surface area contributed by atoms with Crippen molar-refractivity contribution < 1.29 is 13.2 Å². The van der Waals surface area contributed by atoms with E-state index in [0.717, 1.165) is 23.4 Å². The smallest absolute Gasteiger partial charge is 0.237 e. The van der Waals surface area contributed by atoms with Gasteiger partial charge in [-0.05, 0) is 18.9 Å². The van der Waals surface area contributed by atoms with Crippen LogP contribution in [0.1, 0.15) is 18.9 Å². The van der Waals surface area contributed by atoms with E-state index in [0.29, 0.717) is 13.1 Å². The molecule has 1 amide bonds. The fraction of sp³-hybridized carbons (Fsp3) is 0.667. The van der Waals surface area contributed by atoms with Crippen molar-refractivity contribution in [3.05, 3.63) is 18.5 Å². The molecule has 1 aliphatic rings. The normalized spacial score (nSPS) is 20.4. The van der Waals surface area contributed by atoms with E-state index in [9.17, 15) is 13.2 Å². The first-order valence-corrected chi connectivity index (χ1v) is 8.41. The second kappa shape index (κ2) is 5.92.